The fourth-order valence-electron chi connectivity index (χ4n) is 1.15. The summed E-state index contributed by atoms with van der Waals surface area (Å²) >= 11 is 9.35. The number of aliphatic hydroxyl groups is 1. The summed E-state index contributed by atoms with van der Waals surface area (Å²) in [4.78, 5) is 0. The van der Waals surface area contributed by atoms with E-state index >= 15 is 0 Å². The van der Waals surface area contributed by atoms with Gasteiger partial charge in [-0.3, -0.25) is 0 Å². The Morgan fingerprint density at radius 2 is 2.13 bits per heavy atom. The van der Waals surface area contributed by atoms with Gasteiger partial charge in [-0.15, -0.1) is 0 Å². The Morgan fingerprint density at radius 3 is 2.73 bits per heavy atom. The zero-order valence-corrected chi connectivity index (χ0v) is 11.0. The fourth-order valence-corrected chi connectivity index (χ4v) is 1.78. The number of ether oxygens (including phenoxy) is 1. The topological polar surface area (TPSA) is 29.5 Å². The number of halogens is 2. The second-order valence-electron chi connectivity index (χ2n) is 3.54. The standard InChI is InChI=1S/C11H14BrClO2/c1-7(2)15-6-10(14)8-4-3-5-9(12)11(8)13/h3-5,7,10,14H,6H2,1-2H3. The summed E-state index contributed by atoms with van der Waals surface area (Å²) in [6.07, 6.45) is -0.581. The van der Waals surface area contributed by atoms with E-state index in [0.29, 0.717) is 10.6 Å². The highest BCUT2D eigenvalue weighted by atomic mass is 79.9. The van der Waals surface area contributed by atoms with Crippen molar-refractivity contribution in [3.63, 3.8) is 0 Å². The molecule has 0 spiro atoms. The third kappa shape index (κ3) is 3.76. The minimum atomic E-state index is -0.683. The highest BCUT2D eigenvalue weighted by Gasteiger charge is 2.13. The van der Waals surface area contributed by atoms with Crippen LogP contribution in [0.3, 0.4) is 0 Å². The highest BCUT2D eigenvalue weighted by molar-refractivity contribution is 9.10. The molecule has 2 nitrogen and oxygen atoms in total. The van der Waals surface area contributed by atoms with E-state index in [2.05, 4.69) is 15.9 Å². The third-order valence-corrected chi connectivity index (χ3v) is 3.24. The number of benzene rings is 1. The van der Waals surface area contributed by atoms with Gasteiger partial charge in [0.2, 0.25) is 0 Å². The maximum absolute atomic E-state index is 9.84. The van der Waals surface area contributed by atoms with Crippen LogP contribution in [0.15, 0.2) is 22.7 Å². The number of rotatable bonds is 4. The van der Waals surface area contributed by atoms with Crippen LogP contribution in [-0.4, -0.2) is 17.8 Å². The average Bonchev–Trinajstić information content (AvgIpc) is 2.18. The van der Waals surface area contributed by atoms with Gasteiger partial charge in [0.05, 0.1) is 17.7 Å². The van der Waals surface area contributed by atoms with Crippen LogP contribution in [0.4, 0.5) is 0 Å². The second kappa shape index (κ2) is 5.85. The Hall–Kier alpha value is -0.0900. The van der Waals surface area contributed by atoms with E-state index in [4.69, 9.17) is 16.3 Å². The molecule has 0 aromatic heterocycles. The minimum Gasteiger partial charge on any atom is -0.386 e. The predicted octanol–water partition coefficient (Wildman–Crippen LogP) is 3.56. The SMILES string of the molecule is CC(C)OCC(O)c1cccc(Br)c1Cl. The molecule has 1 aromatic rings. The number of hydrogen-bond acceptors (Lipinski definition) is 2. The van der Waals surface area contributed by atoms with Crippen molar-refractivity contribution in [2.45, 2.75) is 26.1 Å². The molecular formula is C11H14BrClO2. The van der Waals surface area contributed by atoms with Gasteiger partial charge in [0.15, 0.2) is 0 Å². The van der Waals surface area contributed by atoms with Crippen molar-refractivity contribution in [1.29, 1.82) is 0 Å². The van der Waals surface area contributed by atoms with Gasteiger partial charge in [0.1, 0.15) is 6.10 Å². The molecule has 4 heteroatoms. The molecule has 0 saturated carbocycles. The van der Waals surface area contributed by atoms with Crippen LogP contribution < -0.4 is 0 Å². The van der Waals surface area contributed by atoms with E-state index < -0.39 is 6.10 Å². The number of aliphatic hydroxyl groups excluding tert-OH is 1. The minimum absolute atomic E-state index is 0.102. The Kier molecular flexibility index (Phi) is 5.06. The van der Waals surface area contributed by atoms with Gasteiger partial charge in [-0.2, -0.15) is 0 Å². The van der Waals surface area contributed by atoms with Crippen molar-refractivity contribution < 1.29 is 9.84 Å². The predicted molar refractivity (Wildman–Crippen MR) is 65.2 cm³/mol. The largest absolute Gasteiger partial charge is 0.386 e. The van der Waals surface area contributed by atoms with E-state index in [0.717, 1.165) is 4.47 Å². The lowest BCUT2D eigenvalue weighted by Crippen LogP contribution is -2.12. The molecule has 1 unspecified atom stereocenters. The maximum Gasteiger partial charge on any atom is 0.104 e. The zero-order valence-electron chi connectivity index (χ0n) is 8.71. The molecule has 1 aromatic carbocycles. The summed E-state index contributed by atoms with van der Waals surface area (Å²) in [6.45, 7) is 4.11. The molecule has 0 amide bonds. The Labute approximate surface area is 103 Å². The Balaban J connectivity index is 2.73. The molecule has 1 N–H and O–H groups in total. The number of hydrogen-bond donors (Lipinski definition) is 1. The van der Waals surface area contributed by atoms with Gasteiger partial charge < -0.3 is 9.84 Å². The van der Waals surface area contributed by atoms with E-state index in [9.17, 15) is 5.11 Å². The summed E-state index contributed by atoms with van der Waals surface area (Å²) in [5, 5.41) is 10.4. The smallest absolute Gasteiger partial charge is 0.104 e. The molecule has 1 atom stereocenters. The lowest BCUT2D eigenvalue weighted by Gasteiger charge is -2.15. The molecule has 0 aliphatic heterocycles. The summed E-state index contributed by atoms with van der Waals surface area (Å²) in [5.41, 5.74) is 0.687. The van der Waals surface area contributed by atoms with E-state index in [1.807, 2.05) is 26.0 Å². The molecule has 0 radical (unpaired) electrons. The Bertz CT molecular complexity index is 328. The molecule has 0 bridgehead atoms. The van der Waals surface area contributed by atoms with E-state index in [1.165, 1.54) is 0 Å². The highest BCUT2D eigenvalue weighted by Crippen LogP contribution is 2.30. The quantitative estimate of drug-likeness (QED) is 0.920. The first kappa shape index (κ1) is 13.0. The van der Waals surface area contributed by atoms with Crippen LogP contribution in [0.2, 0.25) is 5.02 Å². The molecule has 0 aliphatic rings. The van der Waals surface area contributed by atoms with E-state index in [-0.39, 0.29) is 12.7 Å². The third-order valence-electron chi connectivity index (χ3n) is 1.93. The van der Waals surface area contributed by atoms with Crippen molar-refractivity contribution in [3.05, 3.63) is 33.3 Å². The average molecular weight is 294 g/mol. The molecule has 0 saturated heterocycles. The van der Waals surface area contributed by atoms with Crippen molar-refractivity contribution in [2.75, 3.05) is 6.61 Å². The first-order valence-corrected chi connectivity index (χ1v) is 5.93. The fraction of sp³-hybridized carbons (Fsp3) is 0.455. The van der Waals surface area contributed by atoms with Crippen molar-refractivity contribution in [3.8, 4) is 0 Å². The zero-order chi connectivity index (χ0) is 11.4. The van der Waals surface area contributed by atoms with E-state index in [1.54, 1.807) is 6.07 Å². The van der Waals surface area contributed by atoms with Crippen molar-refractivity contribution in [2.24, 2.45) is 0 Å². The summed E-state index contributed by atoms with van der Waals surface area (Å²) in [5.74, 6) is 0. The first-order valence-electron chi connectivity index (χ1n) is 4.76. The molecule has 15 heavy (non-hydrogen) atoms. The van der Waals surface area contributed by atoms with Gasteiger partial charge in [-0.1, -0.05) is 23.7 Å². The van der Waals surface area contributed by atoms with Crippen LogP contribution in [0, 0.1) is 0 Å². The normalized spacial score (nSPS) is 13.2. The van der Waals surface area contributed by atoms with Gasteiger partial charge in [0, 0.05) is 10.0 Å². The lowest BCUT2D eigenvalue weighted by molar-refractivity contribution is 0.00495. The van der Waals surface area contributed by atoms with Crippen molar-refractivity contribution >= 4 is 27.5 Å². The van der Waals surface area contributed by atoms with Crippen molar-refractivity contribution in [1.82, 2.24) is 0 Å². The van der Waals surface area contributed by atoms with Crippen LogP contribution in [0.25, 0.3) is 0 Å². The summed E-state index contributed by atoms with van der Waals surface area (Å²) in [6, 6.07) is 5.47. The molecule has 0 heterocycles. The monoisotopic (exact) mass is 292 g/mol. The lowest BCUT2D eigenvalue weighted by atomic mass is 10.1. The van der Waals surface area contributed by atoms with Gasteiger partial charge in [-0.25, -0.2) is 0 Å². The first-order chi connectivity index (χ1) is 7.02. The van der Waals surface area contributed by atoms with Gasteiger partial charge >= 0.3 is 0 Å². The van der Waals surface area contributed by atoms with Crippen LogP contribution in [0.5, 0.6) is 0 Å². The molecule has 0 fully saturated rings. The molecule has 1 rings (SSSR count). The van der Waals surface area contributed by atoms with Gasteiger partial charge in [0.25, 0.3) is 0 Å². The molecule has 0 aliphatic carbocycles. The molecule has 84 valence electrons. The van der Waals surface area contributed by atoms with Crippen LogP contribution >= 0.6 is 27.5 Å². The van der Waals surface area contributed by atoms with Gasteiger partial charge in [-0.05, 0) is 35.8 Å². The Morgan fingerprint density at radius 1 is 1.47 bits per heavy atom. The molecular weight excluding hydrogens is 279 g/mol. The van der Waals surface area contributed by atoms with Crippen LogP contribution in [0.1, 0.15) is 25.5 Å². The summed E-state index contributed by atoms with van der Waals surface area (Å²) < 4.78 is 6.11. The van der Waals surface area contributed by atoms with Crippen LogP contribution in [-0.2, 0) is 4.74 Å². The summed E-state index contributed by atoms with van der Waals surface area (Å²) in [7, 11) is 0. The second-order valence-corrected chi connectivity index (χ2v) is 4.77. The maximum atomic E-state index is 9.84.